The van der Waals surface area contributed by atoms with Crippen LogP contribution in [0.15, 0.2) is 6.33 Å². The zero-order chi connectivity index (χ0) is 15.1. The molecule has 0 unspecified atom stereocenters. The summed E-state index contributed by atoms with van der Waals surface area (Å²) in [6.45, 7) is -0.496. The third-order valence-electron chi connectivity index (χ3n) is 3.30. The standard InChI is InChI=1S/C11H12ClFN4O4/c1-20-9-6-8(15-11(12)16-9)17(3-14-6)10-5(13)7(19)4(2-18)21-10/h3-5,7,10,18-19H,2H2,1H3/t4-,5-,7-,10-/m1/s1. The van der Waals surface area contributed by atoms with Gasteiger partial charge in [-0.05, 0) is 11.6 Å². The van der Waals surface area contributed by atoms with Gasteiger partial charge < -0.3 is 19.7 Å². The lowest BCUT2D eigenvalue weighted by molar-refractivity contribution is -0.0459. The monoisotopic (exact) mass is 318 g/mol. The van der Waals surface area contributed by atoms with Crippen LogP contribution in [0.25, 0.3) is 11.2 Å². The number of ether oxygens (including phenoxy) is 2. The normalized spacial score (nSPS) is 29.2. The Kier molecular flexibility index (Phi) is 3.66. The molecule has 0 aliphatic carbocycles. The van der Waals surface area contributed by atoms with E-state index in [0.29, 0.717) is 5.52 Å². The van der Waals surface area contributed by atoms with Crippen molar-refractivity contribution in [3.63, 3.8) is 0 Å². The van der Waals surface area contributed by atoms with E-state index in [1.54, 1.807) is 0 Å². The van der Waals surface area contributed by atoms with Crippen molar-refractivity contribution in [1.29, 1.82) is 0 Å². The molecule has 0 radical (unpaired) electrons. The molecule has 0 aromatic carbocycles. The van der Waals surface area contributed by atoms with Crippen LogP contribution in [0, 0.1) is 0 Å². The van der Waals surface area contributed by atoms with Crippen molar-refractivity contribution in [3.05, 3.63) is 11.6 Å². The first-order chi connectivity index (χ1) is 10.1. The molecule has 8 nitrogen and oxygen atoms in total. The van der Waals surface area contributed by atoms with Gasteiger partial charge in [-0.1, -0.05) is 0 Å². The maximum Gasteiger partial charge on any atom is 0.246 e. The fraction of sp³-hybridized carbons (Fsp3) is 0.545. The van der Waals surface area contributed by atoms with Crippen LogP contribution < -0.4 is 4.74 Å². The highest BCUT2D eigenvalue weighted by Gasteiger charge is 2.45. The van der Waals surface area contributed by atoms with Crippen LogP contribution in [0.1, 0.15) is 6.23 Å². The molecule has 2 aromatic rings. The minimum atomic E-state index is -1.74. The van der Waals surface area contributed by atoms with Gasteiger partial charge in [-0.15, -0.1) is 0 Å². The van der Waals surface area contributed by atoms with E-state index >= 15 is 0 Å². The minimum absolute atomic E-state index is 0.0891. The van der Waals surface area contributed by atoms with Crippen molar-refractivity contribution in [2.75, 3.05) is 13.7 Å². The van der Waals surface area contributed by atoms with Crippen molar-refractivity contribution in [2.45, 2.75) is 24.6 Å². The molecular formula is C11H12ClFN4O4. The molecular weight excluding hydrogens is 307 g/mol. The van der Waals surface area contributed by atoms with E-state index in [1.165, 1.54) is 18.0 Å². The lowest BCUT2D eigenvalue weighted by Crippen LogP contribution is -2.30. The zero-order valence-electron chi connectivity index (χ0n) is 10.8. The molecule has 1 saturated heterocycles. The van der Waals surface area contributed by atoms with Gasteiger partial charge in [-0.2, -0.15) is 9.97 Å². The molecule has 0 amide bonds. The molecule has 0 saturated carbocycles. The number of nitrogens with zero attached hydrogens (tertiary/aromatic N) is 4. The molecule has 2 aromatic heterocycles. The molecule has 1 aliphatic heterocycles. The Hall–Kier alpha value is -1.55. The number of fused-ring (bicyclic) bond motifs is 1. The maximum atomic E-state index is 14.2. The van der Waals surface area contributed by atoms with E-state index in [9.17, 15) is 9.50 Å². The number of aromatic nitrogens is 4. The Morgan fingerprint density at radius 2 is 2.29 bits per heavy atom. The number of aliphatic hydroxyl groups is 2. The third-order valence-corrected chi connectivity index (χ3v) is 3.47. The molecule has 10 heteroatoms. The Morgan fingerprint density at radius 3 is 2.90 bits per heavy atom. The third kappa shape index (κ3) is 2.22. The van der Waals surface area contributed by atoms with Gasteiger partial charge in [0.05, 0.1) is 20.0 Å². The lowest BCUT2D eigenvalue weighted by atomic mass is 10.1. The quantitative estimate of drug-likeness (QED) is 0.772. The Morgan fingerprint density at radius 1 is 1.52 bits per heavy atom. The molecule has 1 fully saturated rings. The van der Waals surface area contributed by atoms with Crippen LogP contribution in [0.2, 0.25) is 5.28 Å². The minimum Gasteiger partial charge on any atom is -0.479 e. The van der Waals surface area contributed by atoms with Gasteiger partial charge in [0.15, 0.2) is 23.6 Å². The van der Waals surface area contributed by atoms with Gasteiger partial charge in [-0.25, -0.2) is 9.37 Å². The highest BCUT2D eigenvalue weighted by atomic mass is 35.5. The number of aliphatic hydroxyl groups excluding tert-OH is 2. The first kappa shape index (κ1) is 14.4. The Labute approximate surface area is 123 Å². The number of hydrogen-bond donors (Lipinski definition) is 2. The summed E-state index contributed by atoms with van der Waals surface area (Å²) in [7, 11) is 1.40. The average molecular weight is 319 g/mol. The first-order valence-corrected chi connectivity index (χ1v) is 6.47. The van der Waals surface area contributed by atoms with Crippen LogP contribution >= 0.6 is 11.6 Å². The summed E-state index contributed by atoms with van der Waals surface area (Å²) in [5.74, 6) is 0.149. The molecule has 4 atom stereocenters. The second-order valence-electron chi connectivity index (χ2n) is 4.51. The van der Waals surface area contributed by atoms with E-state index in [4.69, 9.17) is 26.2 Å². The van der Waals surface area contributed by atoms with Crippen LogP contribution in [0.5, 0.6) is 5.88 Å². The van der Waals surface area contributed by atoms with Crippen molar-refractivity contribution in [2.24, 2.45) is 0 Å². The van der Waals surface area contributed by atoms with E-state index in [1.807, 2.05) is 0 Å². The predicted octanol–water partition coefficient (Wildman–Crippen LogP) is 0.0770. The van der Waals surface area contributed by atoms with Crippen LogP contribution in [-0.2, 0) is 4.74 Å². The fourth-order valence-electron chi connectivity index (χ4n) is 2.27. The number of halogens is 2. The van der Waals surface area contributed by atoms with Gasteiger partial charge >= 0.3 is 0 Å². The second-order valence-corrected chi connectivity index (χ2v) is 4.85. The molecule has 0 bridgehead atoms. The van der Waals surface area contributed by atoms with Crippen LogP contribution in [-0.4, -0.2) is 61.8 Å². The van der Waals surface area contributed by atoms with Gasteiger partial charge in [0.1, 0.15) is 12.2 Å². The van der Waals surface area contributed by atoms with Gasteiger partial charge in [0.25, 0.3) is 0 Å². The predicted molar refractivity (Wildman–Crippen MR) is 68.8 cm³/mol. The average Bonchev–Trinajstić information content (AvgIpc) is 3.01. The molecule has 114 valence electrons. The molecule has 1 aliphatic rings. The summed E-state index contributed by atoms with van der Waals surface area (Å²) in [4.78, 5) is 11.9. The van der Waals surface area contributed by atoms with Gasteiger partial charge in [0.2, 0.25) is 11.2 Å². The van der Waals surface area contributed by atoms with Crippen LogP contribution in [0.3, 0.4) is 0 Å². The van der Waals surface area contributed by atoms with E-state index in [2.05, 4.69) is 15.0 Å². The molecule has 3 heterocycles. The highest BCUT2D eigenvalue weighted by Crippen LogP contribution is 2.34. The van der Waals surface area contributed by atoms with Crippen molar-refractivity contribution in [1.82, 2.24) is 19.5 Å². The molecule has 0 spiro atoms. The zero-order valence-corrected chi connectivity index (χ0v) is 11.6. The van der Waals surface area contributed by atoms with E-state index in [-0.39, 0.29) is 16.8 Å². The molecule has 2 N–H and O–H groups in total. The highest BCUT2D eigenvalue weighted by molar-refractivity contribution is 6.28. The summed E-state index contributed by atoms with van der Waals surface area (Å²) >= 11 is 5.79. The van der Waals surface area contributed by atoms with Gasteiger partial charge in [-0.3, -0.25) is 4.57 Å². The summed E-state index contributed by atoms with van der Waals surface area (Å²) in [6, 6.07) is 0. The topological polar surface area (TPSA) is 103 Å². The number of hydrogen-bond acceptors (Lipinski definition) is 7. The number of alkyl halides is 1. The first-order valence-electron chi connectivity index (χ1n) is 6.09. The largest absolute Gasteiger partial charge is 0.479 e. The van der Waals surface area contributed by atoms with Crippen LogP contribution in [0.4, 0.5) is 4.39 Å². The fourth-order valence-corrected chi connectivity index (χ4v) is 2.43. The summed E-state index contributed by atoms with van der Waals surface area (Å²) in [5, 5.41) is 18.7. The summed E-state index contributed by atoms with van der Waals surface area (Å²) in [6.07, 6.45) is -4.06. The molecule has 21 heavy (non-hydrogen) atoms. The lowest BCUT2D eigenvalue weighted by Gasteiger charge is -2.15. The number of rotatable bonds is 3. The smallest absolute Gasteiger partial charge is 0.246 e. The van der Waals surface area contributed by atoms with E-state index < -0.39 is 31.2 Å². The van der Waals surface area contributed by atoms with Crippen molar-refractivity contribution < 1.29 is 24.1 Å². The second kappa shape index (κ2) is 5.34. The Balaban J connectivity index is 2.07. The maximum absolute atomic E-state index is 14.2. The van der Waals surface area contributed by atoms with E-state index in [0.717, 1.165) is 0 Å². The summed E-state index contributed by atoms with van der Waals surface area (Å²) < 4.78 is 25.8. The van der Waals surface area contributed by atoms with Crippen molar-refractivity contribution >= 4 is 22.8 Å². The number of methoxy groups -OCH3 is 1. The number of imidazole rings is 1. The SMILES string of the molecule is COc1nc(Cl)nc2c1ncn2[C@@H]1O[C@H](CO)[C@@H](O)[C@H]1F. The molecule has 3 rings (SSSR count). The van der Waals surface area contributed by atoms with Crippen molar-refractivity contribution in [3.8, 4) is 5.88 Å². The Bertz CT molecular complexity index is 669. The van der Waals surface area contributed by atoms with Gasteiger partial charge in [0, 0.05) is 0 Å². The summed E-state index contributed by atoms with van der Waals surface area (Å²) in [5.41, 5.74) is 0.505.